The molecule has 306 valence electrons. The highest BCUT2D eigenvalue weighted by atomic mass is 32.9. The van der Waals surface area contributed by atoms with Gasteiger partial charge in [-0.15, -0.1) is 0 Å². The third kappa shape index (κ3) is 12.6. The fourth-order valence-corrected chi connectivity index (χ4v) is 10.5. The van der Waals surface area contributed by atoms with Crippen LogP contribution >= 0.6 is 32.9 Å². The summed E-state index contributed by atoms with van der Waals surface area (Å²) in [6, 6.07) is 10.6. The van der Waals surface area contributed by atoms with E-state index in [9.17, 15) is 15.3 Å². The molecule has 2 fully saturated rings. The van der Waals surface area contributed by atoms with Gasteiger partial charge >= 0.3 is 5.97 Å². The summed E-state index contributed by atoms with van der Waals surface area (Å²) in [6.07, 6.45) is 20.6. The number of nitriles is 2. The zero-order valence-corrected chi connectivity index (χ0v) is 37.4. The van der Waals surface area contributed by atoms with Gasteiger partial charge in [-0.2, -0.15) is 15.6 Å². The largest absolute Gasteiger partial charge is 0.464 e. The van der Waals surface area contributed by atoms with Crippen LogP contribution in [0.3, 0.4) is 0 Å². The molecule has 10 nitrogen and oxygen atoms in total. The van der Waals surface area contributed by atoms with Gasteiger partial charge in [0, 0.05) is 18.9 Å². The number of hydrogen-bond acceptors (Lipinski definition) is 12. The SMILES string of the molecule is CC(C)(C#N)c1cc(Cn2cncn2)cc(C(C)(C)C#N)c1.CCN(CC)CCOC(=O)C1(C2CCCCC2)CCCCC1.Cc1c(-c2cnccn2)ssc1=S. The standard InChI is InChI=1S/C19H35NO2.C17H19N5.C8H6N2S3/c1-3-20(4-2)15-16-22-18(21)19(13-9-6-10-14-19)17-11-7-5-8-12-17;1-16(2,9-18)14-5-13(8-22-12-20-11-21-22)6-15(7-14)17(3,4)10-19;1-5-7(12-13-8(5)11)6-4-9-2-3-10-6/h17H,3-16H2,1-2H3;5-7,11-12H,8H2,1-4H3;2-4H,1H3. The Balaban J connectivity index is 0.000000196. The fourth-order valence-electron chi connectivity index (χ4n) is 7.65. The van der Waals surface area contributed by atoms with E-state index < -0.39 is 10.8 Å². The van der Waals surface area contributed by atoms with Crippen LogP contribution in [-0.4, -0.2) is 61.8 Å². The smallest absolute Gasteiger partial charge is 0.312 e. The highest BCUT2D eigenvalue weighted by Crippen LogP contribution is 2.49. The lowest BCUT2D eigenvalue weighted by molar-refractivity contribution is -0.164. The molecular formula is C44H60N8O2S3. The topological polar surface area (TPSA) is 134 Å². The van der Waals surface area contributed by atoms with Crippen LogP contribution in [0.25, 0.3) is 10.6 Å². The van der Waals surface area contributed by atoms with E-state index in [4.69, 9.17) is 17.0 Å². The van der Waals surface area contributed by atoms with Crippen molar-refractivity contribution in [1.82, 2.24) is 29.6 Å². The maximum Gasteiger partial charge on any atom is 0.312 e. The second-order valence-electron chi connectivity index (χ2n) is 16.2. The van der Waals surface area contributed by atoms with Crippen molar-refractivity contribution >= 4 is 38.9 Å². The van der Waals surface area contributed by atoms with Gasteiger partial charge < -0.3 is 9.64 Å². The molecule has 57 heavy (non-hydrogen) atoms. The first kappa shape index (κ1) is 45.8. The van der Waals surface area contributed by atoms with Crippen LogP contribution in [0.5, 0.6) is 0 Å². The van der Waals surface area contributed by atoms with Crippen molar-refractivity contribution in [1.29, 1.82) is 10.5 Å². The number of benzene rings is 1. The minimum absolute atomic E-state index is 0.131. The van der Waals surface area contributed by atoms with E-state index in [1.54, 1.807) is 50.3 Å². The van der Waals surface area contributed by atoms with Crippen molar-refractivity contribution in [3.63, 3.8) is 0 Å². The molecule has 1 aromatic carbocycles. The number of nitrogens with zero attached hydrogens (tertiary/aromatic N) is 8. The first-order valence-corrected chi connectivity index (χ1v) is 22.9. The average molecular weight is 829 g/mol. The first-order valence-electron chi connectivity index (χ1n) is 20.4. The predicted molar refractivity (Wildman–Crippen MR) is 232 cm³/mol. The molecule has 2 saturated carbocycles. The van der Waals surface area contributed by atoms with E-state index >= 15 is 0 Å². The molecule has 0 unspecified atom stereocenters. The van der Waals surface area contributed by atoms with Gasteiger partial charge in [-0.25, -0.2) is 9.67 Å². The summed E-state index contributed by atoms with van der Waals surface area (Å²) < 4.78 is 8.47. The second kappa shape index (κ2) is 21.8. The van der Waals surface area contributed by atoms with Crippen LogP contribution < -0.4 is 0 Å². The molecule has 0 bridgehead atoms. The van der Waals surface area contributed by atoms with Gasteiger partial charge in [0.05, 0.1) is 51.7 Å². The van der Waals surface area contributed by atoms with Crippen LogP contribution in [0.1, 0.15) is 128 Å². The van der Waals surface area contributed by atoms with Gasteiger partial charge in [0.2, 0.25) is 0 Å². The predicted octanol–water partition coefficient (Wildman–Crippen LogP) is 10.6. The zero-order valence-electron chi connectivity index (χ0n) is 34.9. The van der Waals surface area contributed by atoms with Gasteiger partial charge in [0.25, 0.3) is 0 Å². The molecular weight excluding hydrogens is 769 g/mol. The number of rotatable bonds is 12. The Labute approximate surface area is 352 Å². The molecule has 0 aliphatic heterocycles. The highest BCUT2D eigenvalue weighted by Gasteiger charge is 2.47. The van der Waals surface area contributed by atoms with E-state index in [1.165, 1.54) is 57.7 Å². The van der Waals surface area contributed by atoms with Gasteiger partial charge in [0.1, 0.15) is 23.1 Å². The second-order valence-corrected chi connectivity index (χ2v) is 19.0. The molecule has 6 rings (SSSR count). The molecule has 0 N–H and O–H groups in total. The van der Waals surface area contributed by atoms with Crippen molar-refractivity contribution < 1.29 is 9.53 Å². The lowest BCUT2D eigenvalue weighted by atomic mass is 9.62. The van der Waals surface area contributed by atoms with E-state index in [1.807, 2.05) is 52.8 Å². The third-order valence-electron chi connectivity index (χ3n) is 11.5. The van der Waals surface area contributed by atoms with Crippen LogP contribution in [0.2, 0.25) is 0 Å². The number of esters is 1. The molecule has 0 atom stereocenters. The third-order valence-corrected chi connectivity index (χ3v) is 14.9. The molecule has 0 spiro atoms. The number of ether oxygens (including phenoxy) is 1. The molecule has 0 saturated heterocycles. The minimum atomic E-state index is -0.612. The zero-order chi connectivity index (χ0) is 41.5. The Morgan fingerprint density at radius 1 is 0.947 bits per heavy atom. The highest BCUT2D eigenvalue weighted by molar-refractivity contribution is 7.80. The molecule has 0 amide bonds. The lowest BCUT2D eigenvalue weighted by Gasteiger charge is -2.43. The molecule has 13 heteroatoms. The molecule has 0 radical (unpaired) electrons. The average Bonchev–Trinajstić information content (AvgIpc) is 3.89. The molecule has 4 aromatic rings. The first-order chi connectivity index (χ1) is 27.3. The Kier molecular flexibility index (Phi) is 17.5. The van der Waals surface area contributed by atoms with Crippen LogP contribution in [0.4, 0.5) is 0 Å². The summed E-state index contributed by atoms with van der Waals surface area (Å²) in [4.78, 5) is 28.6. The molecule has 3 aromatic heterocycles. The van der Waals surface area contributed by atoms with E-state index in [0.29, 0.717) is 19.1 Å². The van der Waals surface area contributed by atoms with Crippen LogP contribution in [-0.2, 0) is 26.9 Å². The van der Waals surface area contributed by atoms with Crippen LogP contribution in [0, 0.1) is 44.7 Å². The van der Waals surface area contributed by atoms with E-state index in [2.05, 4.69) is 50.9 Å². The Hall–Kier alpha value is -3.88. The Bertz CT molecular complexity index is 1930. The van der Waals surface area contributed by atoms with Crippen molar-refractivity contribution in [2.75, 3.05) is 26.2 Å². The van der Waals surface area contributed by atoms with E-state index in [0.717, 1.165) is 69.1 Å². The van der Waals surface area contributed by atoms with Gasteiger partial charge in [-0.1, -0.05) is 103 Å². The monoisotopic (exact) mass is 828 g/mol. The summed E-state index contributed by atoms with van der Waals surface area (Å²) in [6.45, 7) is 17.9. The molecule has 2 aliphatic carbocycles. The van der Waals surface area contributed by atoms with Crippen molar-refractivity contribution in [2.24, 2.45) is 11.3 Å². The lowest BCUT2D eigenvalue weighted by Crippen LogP contribution is -2.43. The van der Waals surface area contributed by atoms with Gasteiger partial charge in [-0.3, -0.25) is 14.8 Å². The minimum Gasteiger partial charge on any atom is -0.464 e. The van der Waals surface area contributed by atoms with Gasteiger partial charge in [-0.05, 0) is 102 Å². The van der Waals surface area contributed by atoms with Crippen molar-refractivity contribution in [2.45, 2.75) is 130 Å². The summed E-state index contributed by atoms with van der Waals surface area (Å²) in [5.41, 5.74) is 3.52. The fraction of sp³-hybridized carbons (Fsp3) is 0.591. The summed E-state index contributed by atoms with van der Waals surface area (Å²) >= 11 is 5.15. The normalized spacial score (nSPS) is 15.6. The summed E-state index contributed by atoms with van der Waals surface area (Å²) in [5.74, 6) is 0.716. The maximum absolute atomic E-state index is 12.9. The number of aromatic nitrogens is 5. The Morgan fingerprint density at radius 2 is 1.58 bits per heavy atom. The number of likely N-dealkylation sites (N-methyl/N-ethyl adjacent to an activating group) is 1. The van der Waals surface area contributed by atoms with Crippen molar-refractivity contribution in [3.8, 4) is 22.7 Å². The summed E-state index contributed by atoms with van der Waals surface area (Å²) in [7, 11) is 3.28. The quantitative estimate of drug-likeness (QED) is 0.0772. The van der Waals surface area contributed by atoms with E-state index in [-0.39, 0.29) is 11.4 Å². The Morgan fingerprint density at radius 3 is 2.09 bits per heavy atom. The van der Waals surface area contributed by atoms with Crippen molar-refractivity contribution in [3.05, 3.63) is 75.5 Å². The number of carbonyl (C=O) groups excluding carboxylic acids is 1. The molecule has 2 aliphatic rings. The van der Waals surface area contributed by atoms with Gasteiger partial charge in [0.15, 0.2) is 0 Å². The number of hydrogen-bond donors (Lipinski definition) is 0. The maximum atomic E-state index is 12.9. The van der Waals surface area contributed by atoms with Crippen LogP contribution in [0.15, 0.2) is 49.4 Å². The summed E-state index contributed by atoms with van der Waals surface area (Å²) in [5, 5.41) is 22.9. The molecule has 3 heterocycles. The number of carbonyl (C=O) groups is 1.